The van der Waals surface area contributed by atoms with Crippen LogP contribution < -0.4 is 0 Å². The van der Waals surface area contributed by atoms with E-state index in [0.717, 1.165) is 6.42 Å². The number of carbonyl (C=O) groups excluding carboxylic acids is 3. The summed E-state index contributed by atoms with van der Waals surface area (Å²) in [4.78, 5) is 35.2. The van der Waals surface area contributed by atoms with Crippen LogP contribution in [0.1, 0.15) is 33.1 Å². The fourth-order valence-corrected chi connectivity index (χ4v) is 5.86. The highest BCUT2D eigenvalue weighted by molar-refractivity contribution is 5.86. The maximum atomic E-state index is 12.3. The number of carbonyl (C=O) groups is 3. The molecular formula is C15H18O5. The monoisotopic (exact) mass is 278 g/mol. The van der Waals surface area contributed by atoms with Crippen molar-refractivity contribution in [2.45, 2.75) is 38.9 Å². The summed E-state index contributed by atoms with van der Waals surface area (Å²) >= 11 is 0. The Balaban J connectivity index is 1.77. The fourth-order valence-electron chi connectivity index (χ4n) is 5.86. The van der Waals surface area contributed by atoms with E-state index in [1.165, 1.54) is 13.8 Å². The second-order valence-electron chi connectivity index (χ2n) is 6.82. The number of esters is 2. The first kappa shape index (κ1) is 12.4. The molecule has 108 valence electrons. The Morgan fingerprint density at radius 2 is 1.70 bits per heavy atom. The van der Waals surface area contributed by atoms with Crippen LogP contribution in [0, 0.1) is 35.5 Å². The molecule has 0 saturated heterocycles. The van der Waals surface area contributed by atoms with E-state index in [1.54, 1.807) is 0 Å². The first-order valence-electron chi connectivity index (χ1n) is 7.35. The van der Waals surface area contributed by atoms with Gasteiger partial charge in [0.15, 0.2) is 0 Å². The van der Waals surface area contributed by atoms with Crippen LogP contribution in [0.5, 0.6) is 0 Å². The predicted molar refractivity (Wildman–Crippen MR) is 66.1 cm³/mol. The highest BCUT2D eigenvalue weighted by atomic mass is 16.7. The minimum Gasteiger partial charge on any atom is -0.422 e. The number of ether oxygens (including phenoxy) is 2. The average Bonchev–Trinajstić information content (AvgIpc) is 2.92. The van der Waals surface area contributed by atoms with Crippen LogP contribution in [-0.4, -0.2) is 23.5 Å². The normalized spacial score (nSPS) is 45.8. The van der Waals surface area contributed by atoms with Crippen molar-refractivity contribution < 1.29 is 23.9 Å². The number of fused-ring (bicyclic) bond motifs is 2. The van der Waals surface area contributed by atoms with Crippen LogP contribution in [0.3, 0.4) is 0 Å². The maximum Gasteiger partial charge on any atom is 0.305 e. The largest absolute Gasteiger partial charge is 0.422 e. The predicted octanol–water partition coefficient (Wildman–Crippen LogP) is 1.30. The Morgan fingerprint density at radius 1 is 1.05 bits per heavy atom. The Bertz CT molecular complexity index is 508. The molecule has 0 aromatic heterocycles. The third kappa shape index (κ3) is 1.31. The lowest BCUT2D eigenvalue weighted by Gasteiger charge is -2.35. The molecule has 2 bridgehead atoms. The van der Waals surface area contributed by atoms with E-state index in [2.05, 4.69) is 0 Å². The second kappa shape index (κ2) is 3.62. The minimum atomic E-state index is -1.18. The molecule has 0 aromatic rings. The second-order valence-corrected chi connectivity index (χ2v) is 6.82. The molecule has 4 fully saturated rings. The van der Waals surface area contributed by atoms with E-state index in [9.17, 15) is 14.4 Å². The molecule has 4 saturated carbocycles. The van der Waals surface area contributed by atoms with Gasteiger partial charge >= 0.3 is 11.9 Å². The number of hydrogen-bond acceptors (Lipinski definition) is 5. The van der Waals surface area contributed by atoms with Crippen molar-refractivity contribution in [3.05, 3.63) is 0 Å². The third-order valence-electron chi connectivity index (χ3n) is 5.97. The number of rotatable bonds is 2. The molecule has 0 aromatic carbocycles. The van der Waals surface area contributed by atoms with Gasteiger partial charge in [0.2, 0.25) is 0 Å². The molecule has 0 spiro atoms. The molecule has 4 rings (SSSR count). The smallest absolute Gasteiger partial charge is 0.305 e. The zero-order chi connectivity index (χ0) is 14.2. The van der Waals surface area contributed by atoms with Gasteiger partial charge in [-0.05, 0) is 30.1 Å². The number of Topliss-reactive ketones (excluding diaryl/α,β-unsaturated/α-hetero) is 1. The summed E-state index contributed by atoms with van der Waals surface area (Å²) < 4.78 is 11.0. The van der Waals surface area contributed by atoms with Crippen LogP contribution in [-0.2, 0) is 23.9 Å². The van der Waals surface area contributed by atoms with Crippen LogP contribution >= 0.6 is 0 Å². The van der Waals surface area contributed by atoms with Gasteiger partial charge in [0.1, 0.15) is 5.78 Å². The molecule has 0 N–H and O–H groups in total. The summed E-state index contributed by atoms with van der Waals surface area (Å²) in [5.74, 6) is -0.392. The molecule has 20 heavy (non-hydrogen) atoms. The minimum absolute atomic E-state index is 0.0672. The summed E-state index contributed by atoms with van der Waals surface area (Å²) in [6.45, 7) is 2.66. The summed E-state index contributed by atoms with van der Waals surface area (Å²) in [5.41, 5.74) is 0. The zero-order valence-electron chi connectivity index (χ0n) is 11.6. The van der Waals surface area contributed by atoms with E-state index >= 15 is 0 Å². The average molecular weight is 278 g/mol. The molecule has 0 amide bonds. The molecule has 0 heterocycles. The lowest BCUT2D eigenvalue weighted by Crippen LogP contribution is -2.46. The van der Waals surface area contributed by atoms with Crippen molar-refractivity contribution in [1.29, 1.82) is 0 Å². The van der Waals surface area contributed by atoms with Crippen molar-refractivity contribution in [3.8, 4) is 0 Å². The summed E-state index contributed by atoms with van der Waals surface area (Å²) in [7, 11) is 0. The van der Waals surface area contributed by atoms with E-state index < -0.39 is 17.7 Å². The van der Waals surface area contributed by atoms with E-state index in [4.69, 9.17) is 9.47 Å². The Kier molecular flexibility index (Phi) is 2.24. The molecule has 4 aliphatic rings. The zero-order valence-corrected chi connectivity index (χ0v) is 11.6. The molecule has 5 heteroatoms. The van der Waals surface area contributed by atoms with E-state index in [1.807, 2.05) is 0 Å². The molecule has 0 radical (unpaired) electrons. The summed E-state index contributed by atoms with van der Waals surface area (Å²) in [6, 6.07) is 0. The lowest BCUT2D eigenvalue weighted by molar-refractivity contribution is -0.244. The quantitative estimate of drug-likeness (QED) is 0.562. The van der Waals surface area contributed by atoms with Crippen LogP contribution in [0.2, 0.25) is 0 Å². The first-order valence-corrected chi connectivity index (χ1v) is 7.35. The molecule has 0 unspecified atom stereocenters. The molecule has 0 aliphatic heterocycles. The van der Waals surface area contributed by atoms with Gasteiger partial charge in [-0.2, -0.15) is 0 Å². The Morgan fingerprint density at radius 3 is 2.30 bits per heavy atom. The molecular weight excluding hydrogens is 260 g/mol. The Hall–Kier alpha value is -1.39. The van der Waals surface area contributed by atoms with Crippen molar-refractivity contribution >= 4 is 17.7 Å². The van der Waals surface area contributed by atoms with E-state index in [0.29, 0.717) is 36.5 Å². The van der Waals surface area contributed by atoms with Gasteiger partial charge in [-0.15, -0.1) is 0 Å². The van der Waals surface area contributed by atoms with Crippen molar-refractivity contribution in [3.63, 3.8) is 0 Å². The number of ketones is 1. The summed E-state index contributed by atoms with van der Waals surface area (Å²) in [5, 5.41) is 0. The van der Waals surface area contributed by atoms with Gasteiger partial charge < -0.3 is 9.47 Å². The Labute approximate surface area is 117 Å². The van der Waals surface area contributed by atoms with Gasteiger partial charge in [0.05, 0.1) is 0 Å². The maximum absolute atomic E-state index is 12.3. The molecule has 6 atom stereocenters. The van der Waals surface area contributed by atoms with Gasteiger partial charge in [-0.3, -0.25) is 14.4 Å². The summed E-state index contributed by atoms with van der Waals surface area (Å²) in [6.07, 6.45) is 2.27. The topological polar surface area (TPSA) is 69.7 Å². The van der Waals surface area contributed by atoms with Gasteiger partial charge in [0, 0.05) is 38.5 Å². The van der Waals surface area contributed by atoms with Crippen molar-refractivity contribution in [2.75, 3.05) is 0 Å². The van der Waals surface area contributed by atoms with Gasteiger partial charge in [0.25, 0.3) is 5.79 Å². The highest BCUT2D eigenvalue weighted by Gasteiger charge is 2.76. The van der Waals surface area contributed by atoms with Crippen LogP contribution in [0.15, 0.2) is 0 Å². The number of hydrogen-bond donors (Lipinski definition) is 0. The standard InChI is InChI=1S/C15H18O5/c1-6(16)19-15(20-7(2)17)5-11-8-4-12(18)13-9(8)3-10(11)14(13)15/h8-11,13-14H,3-5H2,1-2H3/t8-,9+,10-,11-,13+,14+/m1/s1. The van der Waals surface area contributed by atoms with E-state index in [-0.39, 0.29) is 17.6 Å². The molecule has 4 aliphatic carbocycles. The fraction of sp³-hybridized carbons (Fsp3) is 0.800. The highest BCUT2D eigenvalue weighted by Crippen LogP contribution is 2.72. The SMILES string of the molecule is CC(=O)OC1(OC(C)=O)C[C@@H]2[C@@H]3CC(=O)[C@@H]4[C@H]3C[C@H]2[C@@H]41. The molecule has 5 nitrogen and oxygen atoms in total. The van der Waals surface area contributed by atoms with Crippen LogP contribution in [0.25, 0.3) is 0 Å². The van der Waals surface area contributed by atoms with Gasteiger partial charge in [-0.25, -0.2) is 0 Å². The third-order valence-corrected chi connectivity index (χ3v) is 5.97. The first-order chi connectivity index (χ1) is 9.43. The van der Waals surface area contributed by atoms with Crippen molar-refractivity contribution in [2.24, 2.45) is 35.5 Å². The van der Waals surface area contributed by atoms with Gasteiger partial charge in [-0.1, -0.05) is 0 Å². The van der Waals surface area contributed by atoms with Crippen molar-refractivity contribution in [1.82, 2.24) is 0 Å². The lowest BCUT2D eigenvalue weighted by atomic mass is 9.79. The van der Waals surface area contributed by atoms with Crippen LogP contribution in [0.4, 0.5) is 0 Å².